The fraction of sp³-hybridized carbons (Fsp3) is 0.133. The summed E-state index contributed by atoms with van der Waals surface area (Å²) in [4.78, 5) is 10.3. The lowest BCUT2D eigenvalue weighted by atomic mass is 10.2. The summed E-state index contributed by atoms with van der Waals surface area (Å²) in [6, 6.07) is 8.43. The number of thiocarbonyl (C=S) groups is 1. The molecule has 0 radical (unpaired) electrons. The van der Waals surface area contributed by atoms with Crippen LogP contribution in [0.5, 0.6) is 5.75 Å². The number of hydrogen-bond donors (Lipinski definition) is 2. The average Bonchev–Trinajstić information content (AvgIpc) is 2.50. The molecule has 120 valence electrons. The molecule has 0 amide bonds. The maximum atomic E-state index is 13.1. The molecule has 2 rings (SSSR count). The summed E-state index contributed by atoms with van der Waals surface area (Å²) >= 11 is 5.20. The first kappa shape index (κ1) is 16.6. The number of nitrogens with zero attached hydrogens (tertiary/aromatic N) is 1. The molecule has 2 N–H and O–H groups in total. The molecule has 0 aliphatic rings. The van der Waals surface area contributed by atoms with E-state index >= 15 is 0 Å². The minimum absolute atomic E-state index is 0.0827. The largest absolute Gasteiger partial charge is 0.494 e. The zero-order chi connectivity index (χ0) is 17.0. The third-order valence-electron chi connectivity index (χ3n) is 3.08. The van der Waals surface area contributed by atoms with Crippen LogP contribution in [-0.2, 0) is 0 Å². The minimum atomic E-state index is -0.509. The quantitative estimate of drug-likeness (QED) is 0.502. The van der Waals surface area contributed by atoms with E-state index in [0.717, 1.165) is 0 Å². The van der Waals surface area contributed by atoms with Gasteiger partial charge in [0, 0.05) is 11.8 Å². The van der Waals surface area contributed by atoms with Crippen LogP contribution >= 0.6 is 12.2 Å². The summed E-state index contributed by atoms with van der Waals surface area (Å²) in [6.45, 7) is 1.75. The number of non-ortho nitro benzene ring substituents is 1. The van der Waals surface area contributed by atoms with Gasteiger partial charge in [0.1, 0.15) is 11.6 Å². The highest BCUT2D eigenvalue weighted by Crippen LogP contribution is 2.29. The average molecular weight is 335 g/mol. The predicted octanol–water partition coefficient (Wildman–Crippen LogP) is 3.86. The predicted molar refractivity (Wildman–Crippen MR) is 90.6 cm³/mol. The molecule has 2 aromatic rings. The van der Waals surface area contributed by atoms with E-state index < -0.39 is 4.92 Å². The van der Waals surface area contributed by atoms with Crippen LogP contribution in [0.1, 0.15) is 5.56 Å². The van der Waals surface area contributed by atoms with Crippen molar-refractivity contribution in [2.45, 2.75) is 6.92 Å². The maximum absolute atomic E-state index is 13.1. The van der Waals surface area contributed by atoms with Gasteiger partial charge >= 0.3 is 0 Å². The third-order valence-corrected chi connectivity index (χ3v) is 3.28. The second kappa shape index (κ2) is 7.01. The van der Waals surface area contributed by atoms with E-state index in [4.69, 9.17) is 17.0 Å². The van der Waals surface area contributed by atoms with Crippen molar-refractivity contribution < 1.29 is 14.1 Å². The smallest absolute Gasteiger partial charge is 0.273 e. The van der Waals surface area contributed by atoms with Gasteiger partial charge in [-0.2, -0.15) is 0 Å². The number of rotatable bonds is 4. The van der Waals surface area contributed by atoms with Crippen LogP contribution in [0, 0.1) is 22.9 Å². The van der Waals surface area contributed by atoms with Crippen molar-refractivity contribution in [2.75, 3.05) is 17.7 Å². The summed E-state index contributed by atoms with van der Waals surface area (Å²) in [5.41, 5.74) is 1.76. The number of halogens is 1. The van der Waals surface area contributed by atoms with E-state index in [2.05, 4.69) is 10.6 Å². The first-order chi connectivity index (χ1) is 10.9. The number of benzene rings is 2. The Balaban J connectivity index is 2.15. The fourth-order valence-corrected chi connectivity index (χ4v) is 2.16. The van der Waals surface area contributed by atoms with Crippen molar-refractivity contribution in [3.63, 3.8) is 0 Å². The molecule has 6 nitrogen and oxygen atoms in total. The number of anilines is 2. The molecule has 8 heteroatoms. The summed E-state index contributed by atoms with van der Waals surface area (Å²) in [7, 11) is 1.41. The lowest BCUT2D eigenvalue weighted by Crippen LogP contribution is -2.20. The van der Waals surface area contributed by atoms with E-state index in [1.807, 2.05) is 0 Å². The Kier molecular flexibility index (Phi) is 5.07. The van der Waals surface area contributed by atoms with Gasteiger partial charge in [-0.3, -0.25) is 10.1 Å². The highest BCUT2D eigenvalue weighted by atomic mass is 32.1. The summed E-state index contributed by atoms with van der Waals surface area (Å²) in [6.07, 6.45) is 0. The van der Waals surface area contributed by atoms with E-state index in [0.29, 0.717) is 22.7 Å². The van der Waals surface area contributed by atoms with Gasteiger partial charge in [-0.25, -0.2) is 4.39 Å². The highest BCUT2D eigenvalue weighted by molar-refractivity contribution is 7.80. The molecule has 0 spiro atoms. The molecule has 0 atom stereocenters. The third kappa shape index (κ3) is 4.13. The molecule has 0 saturated carbocycles. The molecule has 0 unspecified atom stereocenters. The molecule has 2 aromatic carbocycles. The van der Waals surface area contributed by atoms with E-state index in [-0.39, 0.29) is 16.6 Å². The molecule has 0 heterocycles. The molecule has 0 aromatic heterocycles. The Morgan fingerprint density at radius 1 is 1.22 bits per heavy atom. The second-order valence-electron chi connectivity index (χ2n) is 4.68. The standard InChI is InChI=1S/C15H14FN3O3S/c1-9-7-10(16)3-5-12(9)17-15(23)18-13-6-4-11(19(20)21)8-14(13)22-2/h3-8H,1-2H3,(H2,17,18,23). The number of hydrogen-bond acceptors (Lipinski definition) is 4. The topological polar surface area (TPSA) is 76.4 Å². The summed E-state index contributed by atoms with van der Waals surface area (Å²) in [5.74, 6) is -0.0388. The van der Waals surface area contributed by atoms with Gasteiger partial charge < -0.3 is 15.4 Å². The Labute approximate surface area is 137 Å². The first-order valence-electron chi connectivity index (χ1n) is 6.57. The van der Waals surface area contributed by atoms with Gasteiger partial charge in [0.2, 0.25) is 0 Å². The summed E-state index contributed by atoms with van der Waals surface area (Å²) in [5, 5.41) is 16.9. The van der Waals surface area contributed by atoms with Gasteiger partial charge in [-0.15, -0.1) is 0 Å². The van der Waals surface area contributed by atoms with Gasteiger partial charge in [-0.05, 0) is 49.0 Å². The van der Waals surface area contributed by atoms with Gasteiger partial charge in [0.25, 0.3) is 5.69 Å². The molecule has 0 aliphatic heterocycles. The molecular weight excluding hydrogens is 321 g/mol. The molecule has 0 bridgehead atoms. The van der Waals surface area contributed by atoms with Crippen molar-refractivity contribution in [2.24, 2.45) is 0 Å². The van der Waals surface area contributed by atoms with Crippen LogP contribution < -0.4 is 15.4 Å². The fourth-order valence-electron chi connectivity index (χ4n) is 1.94. The number of aryl methyl sites for hydroxylation is 1. The molecule has 23 heavy (non-hydrogen) atoms. The number of nitro benzene ring substituents is 1. The van der Waals surface area contributed by atoms with Gasteiger partial charge in [0.15, 0.2) is 5.11 Å². The molecule has 0 aliphatic carbocycles. The van der Waals surface area contributed by atoms with Crippen molar-refractivity contribution in [3.8, 4) is 5.75 Å². The second-order valence-corrected chi connectivity index (χ2v) is 5.09. The first-order valence-corrected chi connectivity index (χ1v) is 6.98. The van der Waals surface area contributed by atoms with Crippen molar-refractivity contribution >= 4 is 34.4 Å². The number of nitrogens with one attached hydrogen (secondary N) is 2. The summed E-state index contributed by atoms with van der Waals surface area (Å²) < 4.78 is 18.2. The number of ether oxygens (including phenoxy) is 1. The van der Waals surface area contributed by atoms with Crippen LogP contribution in [0.3, 0.4) is 0 Å². The molecule has 0 saturated heterocycles. The lowest BCUT2D eigenvalue weighted by molar-refractivity contribution is -0.384. The number of methoxy groups -OCH3 is 1. The monoisotopic (exact) mass is 335 g/mol. The Bertz CT molecular complexity index is 768. The van der Waals surface area contributed by atoms with Crippen LogP contribution in [-0.4, -0.2) is 17.1 Å². The van der Waals surface area contributed by atoms with Gasteiger partial charge in [-0.1, -0.05) is 0 Å². The van der Waals surface area contributed by atoms with E-state index in [1.165, 1.54) is 37.4 Å². The lowest BCUT2D eigenvalue weighted by Gasteiger charge is -2.14. The van der Waals surface area contributed by atoms with Crippen molar-refractivity contribution in [1.29, 1.82) is 0 Å². The van der Waals surface area contributed by atoms with E-state index in [1.54, 1.807) is 13.0 Å². The van der Waals surface area contributed by atoms with Gasteiger partial charge in [0.05, 0.1) is 23.8 Å². The van der Waals surface area contributed by atoms with Crippen molar-refractivity contribution in [1.82, 2.24) is 0 Å². The van der Waals surface area contributed by atoms with Crippen LogP contribution in [0.25, 0.3) is 0 Å². The normalized spacial score (nSPS) is 10.0. The zero-order valence-electron chi connectivity index (χ0n) is 12.4. The number of nitro groups is 1. The maximum Gasteiger partial charge on any atom is 0.273 e. The van der Waals surface area contributed by atoms with E-state index in [9.17, 15) is 14.5 Å². The molecule has 0 fully saturated rings. The van der Waals surface area contributed by atoms with Crippen LogP contribution in [0.2, 0.25) is 0 Å². The highest BCUT2D eigenvalue weighted by Gasteiger charge is 2.12. The Morgan fingerprint density at radius 2 is 1.87 bits per heavy atom. The van der Waals surface area contributed by atoms with Crippen LogP contribution in [0.4, 0.5) is 21.5 Å². The zero-order valence-corrected chi connectivity index (χ0v) is 13.2. The Hall–Kier alpha value is -2.74. The minimum Gasteiger partial charge on any atom is -0.494 e. The SMILES string of the molecule is COc1cc([N+](=O)[O-])ccc1NC(=S)Nc1ccc(F)cc1C. The van der Waals surface area contributed by atoms with Crippen LogP contribution in [0.15, 0.2) is 36.4 Å². The Morgan fingerprint density at radius 3 is 2.48 bits per heavy atom. The van der Waals surface area contributed by atoms with Crippen molar-refractivity contribution in [3.05, 3.63) is 57.9 Å². The molecular formula is C15H14FN3O3S.